The number of hydrogen-bond donors (Lipinski definition) is 1. The number of Topliss-reactive ketones (excluding diaryl/α,β-unsaturated/α-hetero) is 1. The summed E-state index contributed by atoms with van der Waals surface area (Å²) in [6.45, 7) is 0. The second-order valence-corrected chi connectivity index (χ2v) is 9.30. The van der Waals surface area contributed by atoms with E-state index in [4.69, 9.17) is 5.41 Å². The van der Waals surface area contributed by atoms with E-state index in [1.807, 2.05) is 18.2 Å². The zero-order chi connectivity index (χ0) is 19.4. The number of nitrogens with one attached hydrogen (secondary N) is 1. The summed E-state index contributed by atoms with van der Waals surface area (Å²) in [6, 6.07) is 5.81. The molecule has 0 radical (unpaired) electrons. The molecule has 1 N–H and O–H groups in total. The van der Waals surface area contributed by atoms with Crippen molar-refractivity contribution in [3.8, 4) is 18.2 Å². The molecule has 0 amide bonds. The molecule has 5 aliphatic rings. The van der Waals surface area contributed by atoms with E-state index in [0.717, 1.165) is 19.3 Å². The van der Waals surface area contributed by atoms with E-state index in [1.54, 1.807) is 0 Å². The molecule has 0 aromatic carbocycles. The molecule has 5 saturated carbocycles. The number of hydrogen-bond acceptors (Lipinski definition) is 6. The Kier molecular flexibility index (Phi) is 3.80. The van der Waals surface area contributed by atoms with E-state index in [-0.39, 0.29) is 24.3 Å². The highest BCUT2D eigenvalue weighted by Crippen LogP contribution is 2.62. The molecule has 0 aromatic heterocycles. The fraction of sp³-hybridized carbons (Fsp3) is 0.714. The third-order valence-corrected chi connectivity index (χ3v) is 7.88. The van der Waals surface area contributed by atoms with Crippen LogP contribution in [0.3, 0.4) is 0 Å². The predicted octanol–water partition coefficient (Wildman–Crippen LogP) is 2.94. The fourth-order valence-corrected chi connectivity index (χ4v) is 6.90. The minimum absolute atomic E-state index is 0.0747. The fourth-order valence-electron chi connectivity index (χ4n) is 6.90. The van der Waals surface area contributed by atoms with Crippen molar-refractivity contribution < 1.29 is 9.59 Å². The molecule has 0 spiro atoms. The summed E-state index contributed by atoms with van der Waals surface area (Å²) in [5, 5.41) is 37.8. The Balaban J connectivity index is 1.71. The van der Waals surface area contributed by atoms with Crippen molar-refractivity contribution >= 4 is 17.8 Å². The molecule has 0 heterocycles. The summed E-state index contributed by atoms with van der Waals surface area (Å²) in [4.78, 5) is 24.9. The number of carbonyl (C=O) groups excluding carboxylic acids is 2. The van der Waals surface area contributed by atoms with Crippen LogP contribution in [-0.2, 0) is 9.59 Å². The SMILES string of the molecule is N#CC1(C#N)CC(C=O)C(=N)[C@@]1(C#N)CC(=O)C12CC3CC(CC(C3)C1)C2. The van der Waals surface area contributed by atoms with E-state index >= 15 is 0 Å². The van der Waals surface area contributed by atoms with Gasteiger partial charge in [0.25, 0.3) is 0 Å². The summed E-state index contributed by atoms with van der Waals surface area (Å²) in [5.74, 6) is 0.643. The van der Waals surface area contributed by atoms with Gasteiger partial charge >= 0.3 is 0 Å². The molecule has 0 aromatic rings. The van der Waals surface area contributed by atoms with E-state index in [0.29, 0.717) is 24.0 Å². The Morgan fingerprint density at radius 1 is 1.00 bits per heavy atom. The monoisotopic (exact) mass is 362 g/mol. The third-order valence-electron chi connectivity index (χ3n) is 7.88. The van der Waals surface area contributed by atoms with Gasteiger partial charge in [0.05, 0.1) is 24.1 Å². The standard InChI is InChI=1S/C21H22N4O2/c22-10-20(11-23)7-16(9-26)18(25)21(20,12-24)8-17(27)19-4-13-1-14(5-19)3-15(2-13)6-19/h9,13-16,25H,1-8H2/t13?,14?,15?,16?,19?,21-/m0/s1. The van der Waals surface area contributed by atoms with Crippen molar-refractivity contribution in [2.24, 2.45) is 39.9 Å². The van der Waals surface area contributed by atoms with Crippen LogP contribution in [-0.4, -0.2) is 17.8 Å². The van der Waals surface area contributed by atoms with Crippen LogP contribution in [0.5, 0.6) is 0 Å². The highest BCUT2D eigenvalue weighted by atomic mass is 16.1. The molecular weight excluding hydrogens is 340 g/mol. The van der Waals surface area contributed by atoms with Crippen LogP contribution in [0.25, 0.3) is 0 Å². The van der Waals surface area contributed by atoms with Gasteiger partial charge in [0.1, 0.15) is 17.5 Å². The minimum atomic E-state index is -1.82. The first-order chi connectivity index (χ1) is 12.9. The van der Waals surface area contributed by atoms with Crippen LogP contribution in [0.1, 0.15) is 51.4 Å². The number of rotatable bonds is 4. The van der Waals surface area contributed by atoms with E-state index in [2.05, 4.69) is 0 Å². The second-order valence-electron chi connectivity index (χ2n) is 9.30. The Hall–Kier alpha value is -2.52. The Bertz CT molecular complexity index is 806. The van der Waals surface area contributed by atoms with Gasteiger partial charge in [-0.1, -0.05) is 0 Å². The van der Waals surface area contributed by atoms with Crippen LogP contribution in [0, 0.1) is 79.3 Å². The molecule has 6 heteroatoms. The zero-order valence-corrected chi connectivity index (χ0v) is 15.2. The van der Waals surface area contributed by atoms with Gasteiger partial charge in [0.15, 0.2) is 5.41 Å². The largest absolute Gasteiger partial charge is 0.307 e. The summed E-state index contributed by atoms with van der Waals surface area (Å²) in [7, 11) is 0. The van der Waals surface area contributed by atoms with Crippen molar-refractivity contribution in [2.75, 3.05) is 0 Å². The molecule has 1 unspecified atom stereocenters. The van der Waals surface area contributed by atoms with Gasteiger partial charge < -0.3 is 10.2 Å². The minimum Gasteiger partial charge on any atom is -0.307 e. The average Bonchev–Trinajstić information content (AvgIpc) is 2.89. The van der Waals surface area contributed by atoms with Crippen LogP contribution in [0.4, 0.5) is 0 Å². The number of aldehydes is 1. The van der Waals surface area contributed by atoms with Crippen molar-refractivity contribution in [3.63, 3.8) is 0 Å². The Labute approximate surface area is 158 Å². The van der Waals surface area contributed by atoms with E-state index < -0.39 is 22.2 Å². The lowest BCUT2D eigenvalue weighted by atomic mass is 9.47. The van der Waals surface area contributed by atoms with Gasteiger partial charge in [0.2, 0.25) is 0 Å². The molecule has 4 bridgehead atoms. The second kappa shape index (κ2) is 5.74. The van der Waals surface area contributed by atoms with Crippen LogP contribution in [0.2, 0.25) is 0 Å². The summed E-state index contributed by atoms with van der Waals surface area (Å²) < 4.78 is 0. The number of nitrogens with zero attached hydrogens (tertiary/aromatic N) is 3. The van der Waals surface area contributed by atoms with Gasteiger partial charge in [-0.2, -0.15) is 15.8 Å². The molecule has 0 saturated heterocycles. The third kappa shape index (κ3) is 2.18. The maximum Gasteiger partial charge on any atom is 0.169 e. The molecule has 5 rings (SSSR count). The van der Waals surface area contributed by atoms with Crippen molar-refractivity contribution in [2.45, 2.75) is 51.4 Å². The highest BCUT2D eigenvalue weighted by molar-refractivity contribution is 6.07. The molecule has 5 fully saturated rings. The van der Waals surface area contributed by atoms with Gasteiger partial charge in [-0.25, -0.2) is 0 Å². The molecule has 0 aliphatic heterocycles. The van der Waals surface area contributed by atoms with Crippen molar-refractivity contribution in [1.82, 2.24) is 0 Å². The van der Waals surface area contributed by atoms with E-state index in [9.17, 15) is 25.4 Å². The summed E-state index contributed by atoms with van der Waals surface area (Å²) in [6.07, 6.45) is 6.09. The summed E-state index contributed by atoms with van der Waals surface area (Å²) >= 11 is 0. The molecular formula is C21H22N4O2. The van der Waals surface area contributed by atoms with Gasteiger partial charge in [0, 0.05) is 17.5 Å². The van der Waals surface area contributed by atoms with Crippen LogP contribution >= 0.6 is 0 Å². The number of ketones is 1. The molecule has 5 aliphatic carbocycles. The average molecular weight is 362 g/mol. The van der Waals surface area contributed by atoms with Crippen LogP contribution in [0.15, 0.2) is 0 Å². The normalized spacial score (nSPS) is 43.5. The first kappa shape index (κ1) is 17.9. The molecule has 6 nitrogen and oxygen atoms in total. The number of nitriles is 3. The predicted molar refractivity (Wildman–Crippen MR) is 93.8 cm³/mol. The smallest absolute Gasteiger partial charge is 0.169 e. The quantitative estimate of drug-likeness (QED) is 0.768. The molecule has 2 atom stereocenters. The zero-order valence-electron chi connectivity index (χ0n) is 15.2. The lowest BCUT2D eigenvalue weighted by Crippen LogP contribution is -2.52. The van der Waals surface area contributed by atoms with E-state index in [1.165, 1.54) is 19.3 Å². The Morgan fingerprint density at radius 3 is 1.93 bits per heavy atom. The highest BCUT2D eigenvalue weighted by Gasteiger charge is 2.66. The molecule has 27 heavy (non-hydrogen) atoms. The van der Waals surface area contributed by atoms with Crippen molar-refractivity contribution in [3.05, 3.63) is 0 Å². The topological polar surface area (TPSA) is 129 Å². The van der Waals surface area contributed by atoms with Crippen LogP contribution < -0.4 is 0 Å². The number of carbonyl (C=O) groups is 2. The Morgan fingerprint density at radius 2 is 1.52 bits per heavy atom. The summed E-state index contributed by atoms with van der Waals surface area (Å²) in [5.41, 5.74) is -4.33. The van der Waals surface area contributed by atoms with Gasteiger partial charge in [-0.3, -0.25) is 4.79 Å². The van der Waals surface area contributed by atoms with Gasteiger partial charge in [-0.15, -0.1) is 0 Å². The first-order valence-corrected chi connectivity index (χ1v) is 9.69. The maximum absolute atomic E-state index is 13.5. The lowest BCUT2D eigenvalue weighted by Gasteiger charge is -2.56. The first-order valence-electron chi connectivity index (χ1n) is 9.69. The molecule has 138 valence electrons. The lowest BCUT2D eigenvalue weighted by molar-refractivity contribution is -0.145. The van der Waals surface area contributed by atoms with Crippen molar-refractivity contribution in [1.29, 1.82) is 21.2 Å². The van der Waals surface area contributed by atoms with Gasteiger partial charge in [-0.05, 0) is 62.7 Å². The maximum atomic E-state index is 13.5.